The van der Waals surface area contributed by atoms with Crippen molar-refractivity contribution in [1.82, 2.24) is 15.2 Å². The Morgan fingerprint density at radius 1 is 1.44 bits per heavy atom. The summed E-state index contributed by atoms with van der Waals surface area (Å²) in [6.07, 6.45) is 7.20. The van der Waals surface area contributed by atoms with Gasteiger partial charge in [0.05, 0.1) is 6.54 Å². The first-order chi connectivity index (χ1) is 12.2. The van der Waals surface area contributed by atoms with Crippen LogP contribution in [0.3, 0.4) is 0 Å². The van der Waals surface area contributed by atoms with E-state index in [1.54, 1.807) is 11.8 Å². The van der Waals surface area contributed by atoms with Crippen LogP contribution in [0.5, 0.6) is 5.75 Å². The third-order valence-electron chi connectivity index (χ3n) is 4.83. The third-order valence-corrected chi connectivity index (χ3v) is 5.80. The molecular weight excluding hydrogens is 336 g/mol. The van der Waals surface area contributed by atoms with E-state index < -0.39 is 0 Å². The Morgan fingerprint density at radius 2 is 2.24 bits per heavy atom. The molecule has 2 atom stereocenters. The lowest BCUT2D eigenvalue weighted by atomic mass is 10.3. The van der Waals surface area contributed by atoms with Crippen molar-refractivity contribution in [1.29, 1.82) is 0 Å². The van der Waals surface area contributed by atoms with Gasteiger partial charge in [-0.15, -0.1) is 0 Å². The summed E-state index contributed by atoms with van der Waals surface area (Å²) in [5.74, 6) is 1.78. The Bertz CT molecular complexity index is 580. The Hall–Kier alpha value is -1.63. The summed E-state index contributed by atoms with van der Waals surface area (Å²) in [7, 11) is 0. The maximum Gasteiger partial charge on any atom is 0.317 e. The Labute approximate surface area is 154 Å². The number of pyridine rings is 1. The van der Waals surface area contributed by atoms with E-state index >= 15 is 0 Å². The number of anilines is 1. The number of rotatable bonds is 6. The molecule has 2 aliphatic rings. The molecule has 0 spiro atoms. The summed E-state index contributed by atoms with van der Waals surface area (Å²) >= 11 is 1.76. The zero-order chi connectivity index (χ0) is 17.6. The molecule has 1 N–H and O–H groups in total. The lowest BCUT2D eigenvalue weighted by Gasteiger charge is -2.22. The van der Waals surface area contributed by atoms with Gasteiger partial charge in [0.1, 0.15) is 6.10 Å². The Kier molecular flexibility index (Phi) is 6.29. The second kappa shape index (κ2) is 8.65. The molecule has 0 unspecified atom stereocenters. The molecule has 2 aliphatic heterocycles. The number of urea groups is 1. The van der Waals surface area contributed by atoms with Gasteiger partial charge in [0.25, 0.3) is 0 Å². The second-order valence-electron chi connectivity index (χ2n) is 6.73. The van der Waals surface area contributed by atoms with Gasteiger partial charge in [-0.3, -0.25) is 0 Å². The van der Waals surface area contributed by atoms with E-state index in [1.165, 1.54) is 12.8 Å². The number of carbonyl (C=O) groups excluding carboxylic acids is 1. The molecule has 7 heteroatoms. The molecule has 1 aromatic heterocycles. The number of nitrogens with zero attached hydrogens (tertiary/aromatic N) is 3. The van der Waals surface area contributed by atoms with E-state index in [1.807, 2.05) is 23.2 Å². The van der Waals surface area contributed by atoms with Gasteiger partial charge < -0.3 is 19.9 Å². The van der Waals surface area contributed by atoms with Gasteiger partial charge in [0, 0.05) is 44.0 Å². The van der Waals surface area contributed by atoms with Crippen LogP contribution in [0, 0.1) is 0 Å². The van der Waals surface area contributed by atoms with Gasteiger partial charge in [-0.2, -0.15) is 11.8 Å². The summed E-state index contributed by atoms with van der Waals surface area (Å²) in [5.41, 5.74) is 0. The van der Waals surface area contributed by atoms with Gasteiger partial charge in [-0.25, -0.2) is 9.78 Å². The van der Waals surface area contributed by atoms with E-state index in [4.69, 9.17) is 4.74 Å². The standard InChI is InChI=1S/C18H28N4O2S/c1-14(25-2)12-20-18(23)22-11-7-15(13-22)24-16-6-5-8-19-17(16)21-9-3-4-10-21/h5-6,8,14-15H,3-4,7,9-13H2,1-2H3,(H,20,23)/t14-,15-/m0/s1. The molecule has 6 nitrogen and oxygen atoms in total. The molecule has 2 saturated heterocycles. The summed E-state index contributed by atoms with van der Waals surface area (Å²) < 4.78 is 6.22. The van der Waals surface area contributed by atoms with Gasteiger partial charge >= 0.3 is 6.03 Å². The fourth-order valence-corrected chi connectivity index (χ4v) is 3.51. The van der Waals surface area contributed by atoms with Gasteiger partial charge in [0.2, 0.25) is 0 Å². The van der Waals surface area contributed by atoms with Crippen LogP contribution in [0.4, 0.5) is 10.6 Å². The van der Waals surface area contributed by atoms with E-state index in [0.29, 0.717) is 18.3 Å². The molecule has 0 aliphatic carbocycles. The number of hydrogen-bond donors (Lipinski definition) is 1. The number of nitrogens with one attached hydrogen (secondary N) is 1. The van der Waals surface area contributed by atoms with Crippen LogP contribution < -0.4 is 15.0 Å². The van der Waals surface area contributed by atoms with Crippen molar-refractivity contribution in [3.63, 3.8) is 0 Å². The largest absolute Gasteiger partial charge is 0.485 e. The molecule has 25 heavy (non-hydrogen) atoms. The van der Waals surface area contributed by atoms with Crippen molar-refractivity contribution >= 4 is 23.6 Å². The average molecular weight is 365 g/mol. The fourth-order valence-electron chi connectivity index (χ4n) is 3.26. The second-order valence-corrected chi connectivity index (χ2v) is 8.00. The predicted octanol–water partition coefficient (Wildman–Crippen LogP) is 2.60. The van der Waals surface area contributed by atoms with Crippen LogP contribution in [0.25, 0.3) is 0 Å². The van der Waals surface area contributed by atoms with Crippen molar-refractivity contribution in [2.24, 2.45) is 0 Å². The molecular formula is C18H28N4O2S. The molecule has 2 fully saturated rings. The molecule has 0 aromatic carbocycles. The molecule has 1 aromatic rings. The van der Waals surface area contributed by atoms with E-state index in [2.05, 4.69) is 28.4 Å². The highest BCUT2D eigenvalue weighted by Crippen LogP contribution is 2.30. The maximum atomic E-state index is 12.3. The first-order valence-corrected chi connectivity index (χ1v) is 10.4. The molecule has 0 radical (unpaired) electrons. The van der Waals surface area contributed by atoms with Crippen LogP contribution in [-0.2, 0) is 0 Å². The van der Waals surface area contributed by atoms with Crippen LogP contribution in [0.1, 0.15) is 26.2 Å². The number of ether oxygens (including phenoxy) is 1. The lowest BCUT2D eigenvalue weighted by Crippen LogP contribution is -2.41. The third kappa shape index (κ3) is 4.71. The molecule has 3 heterocycles. The van der Waals surface area contributed by atoms with Crippen molar-refractivity contribution in [2.45, 2.75) is 37.5 Å². The molecule has 0 saturated carbocycles. The van der Waals surface area contributed by atoms with Crippen LogP contribution in [0.2, 0.25) is 0 Å². The van der Waals surface area contributed by atoms with Gasteiger partial charge in [-0.1, -0.05) is 6.92 Å². The minimum absolute atomic E-state index is 0.0120. The Morgan fingerprint density at radius 3 is 3.00 bits per heavy atom. The van der Waals surface area contributed by atoms with Gasteiger partial charge in [0.15, 0.2) is 11.6 Å². The topological polar surface area (TPSA) is 57.7 Å². The highest BCUT2D eigenvalue weighted by atomic mass is 32.2. The van der Waals surface area contributed by atoms with Crippen molar-refractivity contribution in [3.8, 4) is 5.75 Å². The van der Waals surface area contributed by atoms with Gasteiger partial charge in [-0.05, 0) is 31.2 Å². The molecule has 3 rings (SSSR count). The Balaban J connectivity index is 1.54. The number of aromatic nitrogens is 1. The van der Waals surface area contributed by atoms with E-state index in [0.717, 1.165) is 37.6 Å². The average Bonchev–Trinajstić information content (AvgIpc) is 3.32. The minimum atomic E-state index is 0.0120. The van der Waals surface area contributed by atoms with Crippen LogP contribution in [0.15, 0.2) is 18.3 Å². The van der Waals surface area contributed by atoms with Crippen molar-refractivity contribution in [2.75, 3.05) is 43.9 Å². The summed E-state index contributed by atoms with van der Waals surface area (Å²) in [5, 5.41) is 3.43. The first-order valence-electron chi connectivity index (χ1n) is 9.09. The molecule has 138 valence electrons. The first kappa shape index (κ1) is 18.2. The number of hydrogen-bond acceptors (Lipinski definition) is 5. The zero-order valence-corrected chi connectivity index (χ0v) is 15.9. The molecule has 2 amide bonds. The SMILES string of the molecule is CS[C@@H](C)CNC(=O)N1CC[C@H](Oc2cccnc2N2CCCC2)C1. The monoisotopic (exact) mass is 364 g/mol. The lowest BCUT2D eigenvalue weighted by molar-refractivity contribution is 0.187. The van der Waals surface area contributed by atoms with E-state index in [-0.39, 0.29) is 12.1 Å². The van der Waals surface area contributed by atoms with Crippen molar-refractivity contribution in [3.05, 3.63) is 18.3 Å². The zero-order valence-electron chi connectivity index (χ0n) is 15.1. The fraction of sp³-hybridized carbons (Fsp3) is 0.667. The minimum Gasteiger partial charge on any atom is -0.485 e. The number of thioether (sulfide) groups is 1. The number of likely N-dealkylation sites (tertiary alicyclic amines) is 1. The van der Waals surface area contributed by atoms with Crippen LogP contribution >= 0.6 is 11.8 Å². The number of amides is 2. The summed E-state index contributed by atoms with van der Waals surface area (Å²) in [4.78, 5) is 20.9. The van der Waals surface area contributed by atoms with Crippen molar-refractivity contribution < 1.29 is 9.53 Å². The predicted molar refractivity (Wildman–Crippen MR) is 103 cm³/mol. The van der Waals surface area contributed by atoms with E-state index in [9.17, 15) is 4.79 Å². The maximum absolute atomic E-state index is 12.3. The van der Waals surface area contributed by atoms with Crippen LogP contribution in [-0.4, -0.2) is 66.2 Å². The highest BCUT2D eigenvalue weighted by molar-refractivity contribution is 7.99. The molecule has 0 bridgehead atoms. The number of carbonyl (C=O) groups is 1. The summed E-state index contributed by atoms with van der Waals surface area (Å²) in [6.45, 7) is 6.27. The quantitative estimate of drug-likeness (QED) is 0.841. The highest BCUT2D eigenvalue weighted by Gasteiger charge is 2.29. The normalized spacial score (nSPS) is 21.4. The smallest absolute Gasteiger partial charge is 0.317 e. The summed E-state index contributed by atoms with van der Waals surface area (Å²) in [6, 6.07) is 3.92.